The van der Waals surface area contributed by atoms with Gasteiger partial charge in [0.1, 0.15) is 17.2 Å². The number of benzene rings is 1. The van der Waals surface area contributed by atoms with Crippen LogP contribution in [0.15, 0.2) is 40.5 Å². The molecule has 1 saturated heterocycles. The molecule has 28 heavy (non-hydrogen) atoms. The molecule has 0 aliphatic carbocycles. The maximum absolute atomic E-state index is 12.3. The third kappa shape index (κ3) is 6.89. The number of nitriles is 1. The first-order valence-corrected chi connectivity index (χ1v) is 9.88. The zero-order valence-corrected chi connectivity index (χ0v) is 17.9. The first-order valence-electron chi connectivity index (χ1n) is 9.09. The van der Waals surface area contributed by atoms with Crippen molar-refractivity contribution in [3.05, 3.63) is 40.5 Å². The van der Waals surface area contributed by atoms with Gasteiger partial charge in [-0.05, 0) is 57.9 Å². The fraction of sp³-hybridized carbons (Fsp3) is 0.450. The van der Waals surface area contributed by atoms with Gasteiger partial charge in [-0.3, -0.25) is 4.79 Å². The fourth-order valence-electron chi connectivity index (χ4n) is 2.64. The Bertz CT molecular complexity index is 770. The molecule has 1 aliphatic rings. The number of nitrogens with zero attached hydrogens (tertiary/aromatic N) is 2. The fourth-order valence-corrected chi connectivity index (χ4v) is 2.90. The van der Waals surface area contributed by atoms with Gasteiger partial charge in [-0.2, -0.15) is 5.26 Å². The minimum atomic E-state index is -0.515. The molecule has 2 N–H and O–H groups in total. The Kier molecular flexibility index (Phi) is 7.46. The van der Waals surface area contributed by atoms with Gasteiger partial charge in [0.15, 0.2) is 0 Å². The van der Waals surface area contributed by atoms with Crippen LogP contribution in [-0.4, -0.2) is 41.6 Å². The van der Waals surface area contributed by atoms with E-state index in [1.807, 2.05) is 39.0 Å². The van der Waals surface area contributed by atoms with Gasteiger partial charge in [0.05, 0.1) is 0 Å². The van der Waals surface area contributed by atoms with Crippen LogP contribution < -0.4 is 10.6 Å². The van der Waals surface area contributed by atoms with Crippen LogP contribution >= 0.6 is 15.9 Å². The van der Waals surface area contributed by atoms with E-state index in [1.54, 1.807) is 17.0 Å². The average Bonchev–Trinajstić information content (AvgIpc) is 2.63. The van der Waals surface area contributed by atoms with E-state index < -0.39 is 11.5 Å². The van der Waals surface area contributed by atoms with Crippen molar-refractivity contribution in [2.24, 2.45) is 0 Å². The summed E-state index contributed by atoms with van der Waals surface area (Å²) < 4.78 is 6.28. The quantitative estimate of drug-likeness (QED) is 0.539. The number of carbonyl (C=O) groups is 2. The summed E-state index contributed by atoms with van der Waals surface area (Å²) >= 11 is 3.33. The maximum atomic E-state index is 12.3. The Morgan fingerprint density at radius 1 is 1.25 bits per heavy atom. The lowest BCUT2D eigenvalue weighted by molar-refractivity contribution is -0.112. The standard InChI is InChI=1S/C20H25BrN4O3/c1-20(2,3)28-19(27)25-10-8-16(9-11-25)23-13-14(12-22)18(26)24-17-6-4-15(21)5-7-17/h4-7,13,16,23H,8-11H2,1-3H3,(H,24,26)/b14-13-. The molecule has 0 unspecified atom stereocenters. The molecular weight excluding hydrogens is 424 g/mol. The topological polar surface area (TPSA) is 94.5 Å². The molecule has 8 heteroatoms. The van der Waals surface area contributed by atoms with Gasteiger partial charge in [-0.1, -0.05) is 15.9 Å². The van der Waals surface area contributed by atoms with Crippen LogP contribution in [0, 0.1) is 11.3 Å². The summed E-state index contributed by atoms with van der Waals surface area (Å²) in [7, 11) is 0. The number of anilines is 1. The number of carbonyl (C=O) groups excluding carboxylic acids is 2. The zero-order valence-electron chi connectivity index (χ0n) is 16.3. The SMILES string of the molecule is CC(C)(C)OC(=O)N1CCC(N/C=C(/C#N)C(=O)Nc2ccc(Br)cc2)CC1. The van der Waals surface area contributed by atoms with Crippen molar-refractivity contribution in [3.8, 4) is 6.07 Å². The van der Waals surface area contributed by atoms with E-state index in [9.17, 15) is 14.9 Å². The second-order valence-electron chi connectivity index (χ2n) is 7.54. The smallest absolute Gasteiger partial charge is 0.410 e. The molecule has 1 heterocycles. The number of nitrogens with one attached hydrogen (secondary N) is 2. The van der Waals surface area contributed by atoms with Gasteiger partial charge in [0, 0.05) is 35.5 Å². The van der Waals surface area contributed by atoms with E-state index in [-0.39, 0.29) is 17.7 Å². The molecule has 0 radical (unpaired) electrons. The van der Waals surface area contributed by atoms with Crippen molar-refractivity contribution >= 4 is 33.6 Å². The Labute approximate surface area is 173 Å². The van der Waals surface area contributed by atoms with Gasteiger partial charge >= 0.3 is 6.09 Å². The summed E-state index contributed by atoms with van der Waals surface area (Å²) in [5.74, 6) is -0.469. The average molecular weight is 449 g/mol. The number of rotatable bonds is 4. The summed E-state index contributed by atoms with van der Waals surface area (Å²) in [6.07, 6.45) is 2.56. The highest BCUT2D eigenvalue weighted by Gasteiger charge is 2.26. The van der Waals surface area contributed by atoms with Crippen molar-refractivity contribution in [1.82, 2.24) is 10.2 Å². The van der Waals surface area contributed by atoms with E-state index in [0.717, 1.165) is 4.47 Å². The van der Waals surface area contributed by atoms with Crippen LogP contribution in [0.5, 0.6) is 0 Å². The molecule has 1 aromatic rings. The largest absolute Gasteiger partial charge is 0.444 e. The first-order chi connectivity index (χ1) is 13.2. The van der Waals surface area contributed by atoms with Gasteiger partial charge < -0.3 is 20.3 Å². The van der Waals surface area contributed by atoms with Crippen LogP contribution in [0.2, 0.25) is 0 Å². The molecule has 0 spiro atoms. The zero-order chi connectivity index (χ0) is 20.7. The molecule has 2 rings (SSSR count). The molecule has 1 aliphatic heterocycles. The highest BCUT2D eigenvalue weighted by Crippen LogP contribution is 2.16. The van der Waals surface area contributed by atoms with Crippen molar-refractivity contribution in [2.45, 2.75) is 45.3 Å². The molecule has 7 nitrogen and oxygen atoms in total. The van der Waals surface area contributed by atoms with E-state index in [1.165, 1.54) is 6.20 Å². The normalized spacial score (nSPS) is 15.5. The molecule has 2 amide bonds. The summed E-state index contributed by atoms with van der Waals surface area (Å²) in [6.45, 7) is 6.65. The van der Waals surface area contributed by atoms with E-state index in [4.69, 9.17) is 4.74 Å². The van der Waals surface area contributed by atoms with Crippen molar-refractivity contribution < 1.29 is 14.3 Å². The lowest BCUT2D eigenvalue weighted by atomic mass is 10.1. The van der Waals surface area contributed by atoms with E-state index in [2.05, 4.69) is 26.6 Å². The van der Waals surface area contributed by atoms with Gasteiger partial charge in [0.2, 0.25) is 0 Å². The number of halogens is 1. The Hall–Kier alpha value is -2.53. The lowest BCUT2D eigenvalue weighted by Gasteiger charge is -2.33. The van der Waals surface area contributed by atoms with Gasteiger partial charge in [-0.15, -0.1) is 0 Å². The Morgan fingerprint density at radius 2 is 1.86 bits per heavy atom. The van der Waals surface area contributed by atoms with Crippen LogP contribution in [0.3, 0.4) is 0 Å². The molecule has 1 fully saturated rings. The minimum Gasteiger partial charge on any atom is -0.444 e. The predicted octanol–water partition coefficient (Wildman–Crippen LogP) is 3.78. The number of ether oxygens (including phenoxy) is 1. The summed E-state index contributed by atoms with van der Waals surface area (Å²) in [6, 6.07) is 9.11. The van der Waals surface area contributed by atoms with Gasteiger partial charge in [-0.25, -0.2) is 4.79 Å². The molecule has 0 atom stereocenters. The number of hydrogen-bond donors (Lipinski definition) is 2. The van der Waals surface area contributed by atoms with Crippen LogP contribution in [0.1, 0.15) is 33.6 Å². The molecule has 1 aromatic carbocycles. The maximum Gasteiger partial charge on any atom is 0.410 e. The third-order valence-corrected chi connectivity index (χ3v) is 4.61. The molecule has 150 valence electrons. The molecule has 0 saturated carbocycles. The van der Waals surface area contributed by atoms with Crippen LogP contribution in [0.4, 0.5) is 10.5 Å². The third-order valence-electron chi connectivity index (χ3n) is 4.08. The van der Waals surface area contributed by atoms with Crippen molar-refractivity contribution in [2.75, 3.05) is 18.4 Å². The van der Waals surface area contributed by atoms with Crippen LogP contribution in [-0.2, 0) is 9.53 Å². The lowest BCUT2D eigenvalue weighted by Crippen LogP contribution is -2.45. The highest BCUT2D eigenvalue weighted by atomic mass is 79.9. The monoisotopic (exact) mass is 448 g/mol. The van der Waals surface area contributed by atoms with Crippen molar-refractivity contribution in [3.63, 3.8) is 0 Å². The first kappa shape index (κ1) is 21.8. The number of likely N-dealkylation sites (tertiary alicyclic amines) is 1. The van der Waals surface area contributed by atoms with E-state index >= 15 is 0 Å². The summed E-state index contributed by atoms with van der Waals surface area (Å²) in [5, 5.41) is 15.1. The predicted molar refractivity (Wildman–Crippen MR) is 110 cm³/mol. The van der Waals surface area contributed by atoms with Crippen molar-refractivity contribution in [1.29, 1.82) is 5.26 Å². The van der Waals surface area contributed by atoms with E-state index in [0.29, 0.717) is 31.6 Å². The van der Waals surface area contributed by atoms with Crippen LogP contribution in [0.25, 0.3) is 0 Å². The molecule has 0 aromatic heterocycles. The van der Waals surface area contributed by atoms with Gasteiger partial charge in [0.25, 0.3) is 5.91 Å². The number of piperidine rings is 1. The second kappa shape index (κ2) is 9.60. The second-order valence-corrected chi connectivity index (χ2v) is 8.45. The summed E-state index contributed by atoms with van der Waals surface area (Å²) in [5.41, 5.74) is 0.0937. The Morgan fingerprint density at radius 3 is 2.39 bits per heavy atom. The number of hydrogen-bond acceptors (Lipinski definition) is 5. The molecular formula is C20H25BrN4O3. The minimum absolute atomic E-state index is 0.00232. The molecule has 0 bridgehead atoms. The highest BCUT2D eigenvalue weighted by molar-refractivity contribution is 9.10. The Balaban J connectivity index is 1.85. The summed E-state index contributed by atoms with van der Waals surface area (Å²) in [4.78, 5) is 26.0. The number of amides is 2.